The van der Waals surface area contributed by atoms with Gasteiger partial charge in [0.15, 0.2) is 5.96 Å². The topological polar surface area (TPSA) is 80.0 Å². The third-order valence-corrected chi connectivity index (χ3v) is 4.28. The van der Waals surface area contributed by atoms with E-state index in [0.29, 0.717) is 38.1 Å². The van der Waals surface area contributed by atoms with Crippen LogP contribution in [0.5, 0.6) is 0 Å². The molecule has 24 heavy (non-hydrogen) atoms. The Morgan fingerprint density at radius 3 is 2.67 bits per heavy atom. The zero-order chi connectivity index (χ0) is 17.4. The number of guanidine groups is 1. The van der Waals surface area contributed by atoms with Crippen molar-refractivity contribution in [3.8, 4) is 0 Å². The van der Waals surface area contributed by atoms with Gasteiger partial charge >= 0.3 is 6.09 Å². The molecule has 1 saturated heterocycles. The van der Waals surface area contributed by atoms with Crippen LogP contribution in [0.1, 0.15) is 38.2 Å². The second-order valence-corrected chi connectivity index (χ2v) is 6.14. The van der Waals surface area contributed by atoms with Crippen LogP contribution in [0.15, 0.2) is 35.3 Å². The van der Waals surface area contributed by atoms with Gasteiger partial charge in [0, 0.05) is 31.6 Å². The first-order valence-corrected chi connectivity index (χ1v) is 8.63. The standard InChI is InChI=1S/C18H28N4O2/c1-3-24-18(23)22-11-9-16(10-12-22)21-17(19)20-13-14(2)15-7-5-4-6-8-15/h4-8,14,16H,3,9-13H2,1-2H3,(H3,19,20,21). The molecule has 0 aromatic heterocycles. The Kier molecular flexibility index (Phi) is 6.90. The van der Waals surface area contributed by atoms with Crippen LogP contribution in [-0.4, -0.2) is 49.2 Å². The molecular formula is C18H28N4O2. The number of ether oxygens (including phenoxy) is 1. The first-order chi connectivity index (χ1) is 11.6. The molecule has 1 aliphatic rings. The Balaban J connectivity index is 1.75. The Morgan fingerprint density at radius 1 is 1.38 bits per heavy atom. The highest BCUT2D eigenvalue weighted by Gasteiger charge is 2.23. The van der Waals surface area contributed by atoms with E-state index in [9.17, 15) is 4.79 Å². The van der Waals surface area contributed by atoms with Gasteiger partial charge in [0.25, 0.3) is 0 Å². The summed E-state index contributed by atoms with van der Waals surface area (Å²) in [4.78, 5) is 17.9. The average Bonchev–Trinajstić information content (AvgIpc) is 2.61. The maximum absolute atomic E-state index is 11.7. The fourth-order valence-corrected chi connectivity index (χ4v) is 2.80. The molecule has 6 nitrogen and oxygen atoms in total. The smallest absolute Gasteiger partial charge is 0.409 e. The normalized spacial score (nSPS) is 17.4. The number of carbonyl (C=O) groups excluding carboxylic acids is 1. The van der Waals surface area contributed by atoms with E-state index < -0.39 is 0 Å². The van der Waals surface area contributed by atoms with E-state index in [-0.39, 0.29) is 12.1 Å². The Bertz CT molecular complexity index is 539. The molecule has 2 rings (SSSR count). The number of hydrogen-bond acceptors (Lipinski definition) is 3. The summed E-state index contributed by atoms with van der Waals surface area (Å²) >= 11 is 0. The van der Waals surface area contributed by atoms with Gasteiger partial charge in [0.05, 0.1) is 6.61 Å². The third kappa shape index (κ3) is 5.44. The summed E-state index contributed by atoms with van der Waals surface area (Å²) in [5, 5.41) is 3.27. The number of amides is 1. The fourth-order valence-electron chi connectivity index (χ4n) is 2.80. The predicted molar refractivity (Wildman–Crippen MR) is 96.1 cm³/mol. The molecule has 1 amide bonds. The van der Waals surface area contributed by atoms with Crippen LogP contribution < -0.4 is 11.1 Å². The van der Waals surface area contributed by atoms with E-state index in [1.807, 2.05) is 25.1 Å². The van der Waals surface area contributed by atoms with Gasteiger partial charge in [-0.05, 0) is 25.3 Å². The summed E-state index contributed by atoms with van der Waals surface area (Å²) in [5.41, 5.74) is 7.27. The van der Waals surface area contributed by atoms with Crippen molar-refractivity contribution in [1.29, 1.82) is 0 Å². The van der Waals surface area contributed by atoms with E-state index in [1.54, 1.807) is 4.90 Å². The molecule has 1 unspecified atom stereocenters. The Labute approximate surface area is 144 Å². The van der Waals surface area contributed by atoms with Crippen molar-refractivity contribution < 1.29 is 9.53 Å². The van der Waals surface area contributed by atoms with Crippen LogP contribution in [-0.2, 0) is 4.74 Å². The minimum atomic E-state index is -0.228. The second kappa shape index (κ2) is 9.15. The van der Waals surface area contributed by atoms with Crippen LogP contribution in [0.4, 0.5) is 4.79 Å². The van der Waals surface area contributed by atoms with Gasteiger partial charge in [-0.3, -0.25) is 4.99 Å². The van der Waals surface area contributed by atoms with Crippen molar-refractivity contribution in [2.45, 2.75) is 38.6 Å². The highest BCUT2D eigenvalue weighted by molar-refractivity contribution is 5.78. The van der Waals surface area contributed by atoms with Gasteiger partial charge in [-0.1, -0.05) is 37.3 Å². The minimum Gasteiger partial charge on any atom is -0.450 e. The molecule has 0 radical (unpaired) electrons. The molecule has 6 heteroatoms. The molecule has 0 spiro atoms. The molecule has 1 aliphatic heterocycles. The number of benzene rings is 1. The van der Waals surface area contributed by atoms with Gasteiger partial charge in [0.1, 0.15) is 0 Å². The second-order valence-electron chi connectivity index (χ2n) is 6.14. The summed E-state index contributed by atoms with van der Waals surface area (Å²) in [6.45, 7) is 6.40. The van der Waals surface area contributed by atoms with E-state index in [0.717, 1.165) is 12.8 Å². The molecule has 1 aromatic rings. The molecule has 3 N–H and O–H groups in total. The first-order valence-electron chi connectivity index (χ1n) is 8.63. The van der Waals surface area contributed by atoms with Crippen LogP contribution in [0, 0.1) is 0 Å². The molecule has 1 atom stereocenters. The summed E-state index contributed by atoms with van der Waals surface area (Å²) in [5.74, 6) is 0.810. The van der Waals surface area contributed by atoms with Gasteiger partial charge in [0.2, 0.25) is 0 Å². The van der Waals surface area contributed by atoms with Gasteiger partial charge in [-0.25, -0.2) is 4.79 Å². The number of hydrogen-bond donors (Lipinski definition) is 2. The lowest BCUT2D eigenvalue weighted by Crippen LogP contribution is -2.48. The summed E-state index contributed by atoms with van der Waals surface area (Å²) in [6.07, 6.45) is 1.47. The monoisotopic (exact) mass is 332 g/mol. The average molecular weight is 332 g/mol. The van der Waals surface area contributed by atoms with Crippen molar-refractivity contribution >= 4 is 12.1 Å². The molecule has 0 saturated carbocycles. The van der Waals surface area contributed by atoms with Crippen LogP contribution in [0.25, 0.3) is 0 Å². The van der Waals surface area contributed by atoms with Crippen LogP contribution >= 0.6 is 0 Å². The van der Waals surface area contributed by atoms with E-state index in [1.165, 1.54) is 5.56 Å². The highest BCUT2D eigenvalue weighted by Crippen LogP contribution is 2.15. The summed E-state index contributed by atoms with van der Waals surface area (Å²) < 4.78 is 5.02. The first kappa shape index (κ1) is 18.1. The molecule has 1 heterocycles. The highest BCUT2D eigenvalue weighted by atomic mass is 16.6. The number of nitrogens with one attached hydrogen (secondary N) is 1. The predicted octanol–water partition coefficient (Wildman–Crippen LogP) is 2.32. The Morgan fingerprint density at radius 2 is 2.04 bits per heavy atom. The molecule has 0 bridgehead atoms. The van der Waals surface area contributed by atoms with E-state index in [4.69, 9.17) is 10.5 Å². The minimum absolute atomic E-state index is 0.228. The quantitative estimate of drug-likeness (QED) is 0.640. The van der Waals surface area contributed by atoms with Crippen molar-refractivity contribution in [3.63, 3.8) is 0 Å². The van der Waals surface area contributed by atoms with E-state index in [2.05, 4.69) is 29.4 Å². The van der Waals surface area contributed by atoms with Crippen molar-refractivity contribution in [2.24, 2.45) is 10.7 Å². The molecule has 0 aliphatic carbocycles. The summed E-state index contributed by atoms with van der Waals surface area (Å²) in [6, 6.07) is 10.6. The maximum atomic E-state index is 11.7. The third-order valence-electron chi connectivity index (χ3n) is 4.28. The van der Waals surface area contributed by atoms with Crippen molar-refractivity contribution in [3.05, 3.63) is 35.9 Å². The lowest BCUT2D eigenvalue weighted by atomic mass is 10.0. The lowest BCUT2D eigenvalue weighted by molar-refractivity contribution is 0.0963. The number of carbonyl (C=O) groups is 1. The number of piperidine rings is 1. The number of nitrogens with two attached hydrogens (primary N) is 1. The van der Waals surface area contributed by atoms with Crippen molar-refractivity contribution in [2.75, 3.05) is 26.2 Å². The van der Waals surface area contributed by atoms with Crippen molar-refractivity contribution in [1.82, 2.24) is 10.2 Å². The molecular weight excluding hydrogens is 304 g/mol. The van der Waals surface area contributed by atoms with Gasteiger partial charge < -0.3 is 20.7 Å². The van der Waals surface area contributed by atoms with E-state index >= 15 is 0 Å². The molecule has 1 fully saturated rings. The summed E-state index contributed by atoms with van der Waals surface area (Å²) in [7, 11) is 0. The zero-order valence-corrected chi connectivity index (χ0v) is 14.6. The lowest BCUT2D eigenvalue weighted by Gasteiger charge is -2.31. The van der Waals surface area contributed by atoms with Gasteiger partial charge in [-0.2, -0.15) is 0 Å². The molecule has 1 aromatic carbocycles. The van der Waals surface area contributed by atoms with Crippen LogP contribution in [0.2, 0.25) is 0 Å². The number of nitrogens with zero attached hydrogens (tertiary/aromatic N) is 2. The largest absolute Gasteiger partial charge is 0.450 e. The fraction of sp³-hybridized carbons (Fsp3) is 0.556. The SMILES string of the molecule is CCOC(=O)N1CCC(NC(N)=NCC(C)c2ccccc2)CC1. The van der Waals surface area contributed by atoms with Crippen LogP contribution in [0.3, 0.4) is 0 Å². The number of aliphatic imine (C=N–C) groups is 1. The zero-order valence-electron chi connectivity index (χ0n) is 14.6. The molecule has 132 valence electrons. The Hall–Kier alpha value is -2.24. The maximum Gasteiger partial charge on any atom is 0.409 e. The number of likely N-dealkylation sites (tertiary alicyclic amines) is 1. The number of rotatable bonds is 5. The van der Waals surface area contributed by atoms with Gasteiger partial charge in [-0.15, -0.1) is 0 Å².